The highest BCUT2D eigenvalue weighted by molar-refractivity contribution is 5.77. The van der Waals surface area contributed by atoms with E-state index in [0.717, 1.165) is 12.8 Å². The molecule has 5 nitrogen and oxygen atoms in total. The van der Waals surface area contributed by atoms with E-state index in [-0.39, 0.29) is 11.9 Å². The maximum Gasteiger partial charge on any atom is 0.314 e. The molecule has 0 aromatic carbocycles. The summed E-state index contributed by atoms with van der Waals surface area (Å²) in [5.74, 6) is 0.163. The van der Waals surface area contributed by atoms with E-state index in [1.165, 1.54) is 0 Å². The first-order valence-electron chi connectivity index (χ1n) is 4.51. The van der Waals surface area contributed by atoms with Crippen molar-refractivity contribution in [2.24, 2.45) is 5.73 Å². The van der Waals surface area contributed by atoms with Crippen LogP contribution < -0.4 is 16.4 Å². The Morgan fingerprint density at radius 2 is 2.00 bits per heavy atom. The Morgan fingerprint density at radius 1 is 1.38 bits per heavy atom. The molecule has 0 atom stereocenters. The molecule has 2 amide bonds. The van der Waals surface area contributed by atoms with Gasteiger partial charge in [0.15, 0.2) is 0 Å². The van der Waals surface area contributed by atoms with Gasteiger partial charge in [-0.1, -0.05) is 6.92 Å². The summed E-state index contributed by atoms with van der Waals surface area (Å²) >= 11 is 0. The van der Waals surface area contributed by atoms with Crippen LogP contribution in [0.3, 0.4) is 0 Å². The third kappa shape index (κ3) is 8.65. The highest BCUT2D eigenvalue weighted by Crippen LogP contribution is 1.84. The normalized spacial score (nSPS) is 9.31. The van der Waals surface area contributed by atoms with Crippen molar-refractivity contribution in [3.05, 3.63) is 0 Å². The van der Waals surface area contributed by atoms with Gasteiger partial charge in [-0.2, -0.15) is 0 Å². The Balaban J connectivity index is 3.22. The van der Waals surface area contributed by atoms with E-state index in [1.54, 1.807) is 0 Å². The van der Waals surface area contributed by atoms with Crippen LogP contribution >= 0.6 is 0 Å². The van der Waals surface area contributed by atoms with Gasteiger partial charge in [0.1, 0.15) is 0 Å². The first-order valence-corrected chi connectivity index (χ1v) is 4.51. The van der Waals surface area contributed by atoms with Crippen LogP contribution in [-0.4, -0.2) is 25.0 Å². The molecule has 0 fully saturated rings. The fourth-order valence-corrected chi connectivity index (χ4v) is 0.782. The van der Waals surface area contributed by atoms with Crippen LogP contribution in [0.2, 0.25) is 0 Å². The monoisotopic (exact) mass is 186 g/mol. The summed E-state index contributed by atoms with van der Waals surface area (Å²) in [6.45, 7) is 3.25. The predicted octanol–water partition coefficient (Wildman–Crippen LogP) is 0.412. The van der Waals surface area contributed by atoms with Gasteiger partial charge in [0.05, 0.1) is 5.84 Å². The van der Waals surface area contributed by atoms with Gasteiger partial charge in [-0.3, -0.25) is 5.41 Å². The summed E-state index contributed by atoms with van der Waals surface area (Å²) in [6, 6.07) is -0.148. The summed E-state index contributed by atoms with van der Waals surface area (Å²) in [5, 5.41) is 12.3. The molecule has 0 aliphatic carbocycles. The molecule has 0 aromatic rings. The van der Waals surface area contributed by atoms with Crippen molar-refractivity contribution in [2.75, 3.05) is 13.1 Å². The molecular formula is C8H18N4O. The van der Waals surface area contributed by atoms with Gasteiger partial charge in [0.25, 0.3) is 0 Å². The third-order valence-electron chi connectivity index (χ3n) is 1.44. The molecule has 0 aliphatic rings. The number of carbonyl (C=O) groups is 1. The van der Waals surface area contributed by atoms with E-state index in [0.29, 0.717) is 19.5 Å². The second-order valence-corrected chi connectivity index (χ2v) is 2.81. The van der Waals surface area contributed by atoms with E-state index in [9.17, 15) is 4.79 Å². The number of hydrogen-bond acceptors (Lipinski definition) is 2. The van der Waals surface area contributed by atoms with Gasteiger partial charge in [-0.05, 0) is 12.8 Å². The van der Waals surface area contributed by atoms with Crippen LogP contribution in [0, 0.1) is 5.41 Å². The quantitative estimate of drug-likeness (QED) is 0.275. The molecule has 0 radical (unpaired) electrons. The topological polar surface area (TPSA) is 91.0 Å². The molecule has 76 valence electrons. The Kier molecular flexibility index (Phi) is 6.68. The lowest BCUT2D eigenvalue weighted by Gasteiger charge is -2.05. The summed E-state index contributed by atoms with van der Waals surface area (Å²) in [7, 11) is 0. The molecule has 0 spiro atoms. The summed E-state index contributed by atoms with van der Waals surface area (Å²) < 4.78 is 0. The lowest BCUT2D eigenvalue weighted by molar-refractivity contribution is 0.241. The Bertz CT molecular complexity index is 170. The average molecular weight is 186 g/mol. The van der Waals surface area contributed by atoms with Crippen LogP contribution in [-0.2, 0) is 0 Å². The minimum Gasteiger partial charge on any atom is -0.388 e. The van der Waals surface area contributed by atoms with Gasteiger partial charge >= 0.3 is 6.03 Å². The molecule has 5 heteroatoms. The van der Waals surface area contributed by atoms with Gasteiger partial charge in [0.2, 0.25) is 0 Å². The smallest absolute Gasteiger partial charge is 0.314 e. The number of hydrogen-bond donors (Lipinski definition) is 4. The van der Waals surface area contributed by atoms with Gasteiger partial charge in [-0.15, -0.1) is 0 Å². The van der Waals surface area contributed by atoms with Gasteiger partial charge < -0.3 is 16.4 Å². The standard InChI is InChI=1S/C8H18N4O/c1-2-5-11-8(13)12-6-3-4-7(9)10/h2-6H2,1H3,(H3,9,10)(H2,11,12,13). The zero-order valence-electron chi connectivity index (χ0n) is 8.02. The van der Waals surface area contributed by atoms with E-state index in [1.807, 2.05) is 6.92 Å². The Hall–Kier alpha value is -1.26. The fourth-order valence-electron chi connectivity index (χ4n) is 0.782. The van der Waals surface area contributed by atoms with Crippen molar-refractivity contribution in [1.29, 1.82) is 5.41 Å². The molecular weight excluding hydrogens is 168 g/mol. The van der Waals surface area contributed by atoms with Crippen LogP contribution in [0.25, 0.3) is 0 Å². The molecule has 0 unspecified atom stereocenters. The molecule has 0 saturated carbocycles. The van der Waals surface area contributed by atoms with Crippen molar-refractivity contribution in [3.63, 3.8) is 0 Å². The Morgan fingerprint density at radius 3 is 2.54 bits per heavy atom. The first kappa shape index (κ1) is 11.7. The van der Waals surface area contributed by atoms with Gasteiger partial charge in [-0.25, -0.2) is 4.79 Å². The maximum atomic E-state index is 10.9. The molecule has 0 bridgehead atoms. The zero-order chi connectivity index (χ0) is 10.1. The number of amidine groups is 1. The number of urea groups is 1. The van der Waals surface area contributed by atoms with Crippen LogP contribution in [0.1, 0.15) is 26.2 Å². The number of amides is 2. The molecule has 5 N–H and O–H groups in total. The van der Waals surface area contributed by atoms with Crippen molar-refractivity contribution in [2.45, 2.75) is 26.2 Å². The molecule has 13 heavy (non-hydrogen) atoms. The number of rotatable bonds is 6. The van der Waals surface area contributed by atoms with Crippen LogP contribution in [0.4, 0.5) is 4.79 Å². The molecule has 0 aromatic heterocycles. The van der Waals surface area contributed by atoms with E-state index in [4.69, 9.17) is 11.1 Å². The summed E-state index contributed by atoms with van der Waals surface area (Å²) in [4.78, 5) is 10.9. The number of nitrogens with two attached hydrogens (primary N) is 1. The minimum atomic E-state index is -0.148. The second kappa shape index (κ2) is 7.39. The highest BCUT2D eigenvalue weighted by Gasteiger charge is 1.97. The highest BCUT2D eigenvalue weighted by atomic mass is 16.2. The van der Waals surface area contributed by atoms with Crippen molar-refractivity contribution >= 4 is 11.9 Å². The first-order chi connectivity index (χ1) is 6.16. The Labute approximate surface area is 78.6 Å². The fraction of sp³-hybridized carbons (Fsp3) is 0.750. The zero-order valence-corrected chi connectivity index (χ0v) is 8.02. The van der Waals surface area contributed by atoms with Crippen molar-refractivity contribution < 1.29 is 4.79 Å². The van der Waals surface area contributed by atoms with Gasteiger partial charge in [0, 0.05) is 19.5 Å². The molecule has 0 rings (SSSR count). The van der Waals surface area contributed by atoms with E-state index in [2.05, 4.69) is 10.6 Å². The van der Waals surface area contributed by atoms with E-state index >= 15 is 0 Å². The van der Waals surface area contributed by atoms with Crippen LogP contribution in [0.15, 0.2) is 0 Å². The SMILES string of the molecule is CCCNC(=O)NCCCC(=N)N. The largest absolute Gasteiger partial charge is 0.388 e. The lowest BCUT2D eigenvalue weighted by Crippen LogP contribution is -2.36. The second-order valence-electron chi connectivity index (χ2n) is 2.81. The predicted molar refractivity (Wildman–Crippen MR) is 52.8 cm³/mol. The van der Waals surface area contributed by atoms with Crippen molar-refractivity contribution in [3.8, 4) is 0 Å². The average Bonchev–Trinajstić information content (AvgIpc) is 2.08. The maximum absolute atomic E-state index is 10.9. The van der Waals surface area contributed by atoms with Crippen molar-refractivity contribution in [1.82, 2.24) is 10.6 Å². The molecule has 0 saturated heterocycles. The third-order valence-corrected chi connectivity index (χ3v) is 1.44. The van der Waals surface area contributed by atoms with E-state index < -0.39 is 0 Å². The minimum absolute atomic E-state index is 0.148. The summed E-state index contributed by atoms with van der Waals surface area (Å²) in [6.07, 6.45) is 2.18. The molecule has 0 heterocycles. The lowest BCUT2D eigenvalue weighted by atomic mass is 10.3. The molecule has 0 aliphatic heterocycles. The number of nitrogens with one attached hydrogen (secondary N) is 3. The van der Waals surface area contributed by atoms with Crippen LogP contribution in [0.5, 0.6) is 0 Å². The number of carbonyl (C=O) groups excluding carboxylic acids is 1. The summed E-state index contributed by atoms with van der Waals surface area (Å²) in [5.41, 5.74) is 5.14.